The average Bonchev–Trinajstić information content (AvgIpc) is 2.54. The van der Waals surface area contributed by atoms with E-state index in [1.807, 2.05) is 0 Å². The molecule has 2 amide bonds. The van der Waals surface area contributed by atoms with Gasteiger partial charge in [0.15, 0.2) is 5.82 Å². The molecule has 2 aromatic rings. The van der Waals surface area contributed by atoms with Crippen LogP contribution in [0.15, 0.2) is 30.3 Å². The van der Waals surface area contributed by atoms with Crippen LogP contribution in [0.2, 0.25) is 0 Å². The van der Waals surface area contributed by atoms with Gasteiger partial charge in [0.1, 0.15) is 11.6 Å². The Bertz CT molecular complexity index is 911. The van der Waals surface area contributed by atoms with Crippen LogP contribution in [-0.4, -0.2) is 36.6 Å². The van der Waals surface area contributed by atoms with Crippen molar-refractivity contribution in [2.45, 2.75) is 5.75 Å². The molecular formula is C14H17N7O3S. The molecule has 0 unspecified atom stereocenters. The highest BCUT2D eigenvalue weighted by atomic mass is 32.2. The fourth-order valence-electron chi connectivity index (χ4n) is 1.89. The van der Waals surface area contributed by atoms with E-state index in [4.69, 9.17) is 16.9 Å². The van der Waals surface area contributed by atoms with Gasteiger partial charge < -0.3 is 22.1 Å². The number of amidine groups is 1. The highest BCUT2D eigenvalue weighted by Gasteiger charge is 2.18. The minimum atomic E-state index is -3.93. The summed E-state index contributed by atoms with van der Waals surface area (Å²) < 4.78 is 23.5. The van der Waals surface area contributed by atoms with Gasteiger partial charge in [-0.15, -0.1) is 0 Å². The predicted molar refractivity (Wildman–Crippen MR) is 94.5 cm³/mol. The number of nitrogen functional groups attached to an aromatic ring is 1. The molecule has 25 heavy (non-hydrogen) atoms. The van der Waals surface area contributed by atoms with E-state index in [0.29, 0.717) is 11.3 Å². The van der Waals surface area contributed by atoms with Gasteiger partial charge in [-0.05, 0) is 24.3 Å². The summed E-state index contributed by atoms with van der Waals surface area (Å²) in [5, 5.41) is 11.2. The molecule has 11 heteroatoms. The summed E-state index contributed by atoms with van der Waals surface area (Å²) in [5.74, 6) is -0.232. The number of amides is 2. The van der Waals surface area contributed by atoms with Crippen molar-refractivity contribution in [2.24, 2.45) is 5.73 Å². The first-order valence-corrected chi connectivity index (χ1v) is 8.66. The highest BCUT2D eigenvalue weighted by molar-refractivity contribution is 8.05. The second kappa shape index (κ2) is 7.13. The van der Waals surface area contributed by atoms with Gasteiger partial charge in [0.25, 0.3) is 0 Å². The molecule has 7 N–H and O–H groups in total. The Morgan fingerprint density at radius 3 is 2.44 bits per heavy atom. The van der Waals surface area contributed by atoms with Crippen LogP contribution in [0.5, 0.6) is 0 Å². The van der Waals surface area contributed by atoms with Crippen LogP contribution < -0.4 is 22.1 Å². The molecule has 0 atom stereocenters. The number of sulfone groups is 1. The molecule has 0 spiro atoms. The number of nitrogens with zero attached hydrogens (tertiary/aromatic N) is 2. The van der Waals surface area contributed by atoms with Gasteiger partial charge in [-0.3, -0.25) is 5.41 Å². The van der Waals surface area contributed by atoms with E-state index in [1.54, 1.807) is 24.3 Å². The number of aromatic nitrogens is 2. The number of nitrogens with one attached hydrogen (secondary N) is 3. The molecular weight excluding hydrogens is 346 g/mol. The predicted octanol–water partition coefficient (Wildman–Crippen LogP) is 0.285. The maximum Gasteiger partial charge on any atom is 0.318 e. The molecule has 0 saturated heterocycles. The largest absolute Gasteiger partial charge is 0.384 e. The fraction of sp³-hybridized carbons (Fsp3) is 0.143. The molecule has 0 radical (unpaired) electrons. The number of benzene rings is 1. The van der Waals surface area contributed by atoms with E-state index >= 15 is 0 Å². The van der Waals surface area contributed by atoms with E-state index in [1.165, 1.54) is 13.1 Å². The molecule has 0 aliphatic carbocycles. The maximum absolute atomic E-state index is 11.7. The standard InChI is InChI=1S/C14H17N7O3S/c1-18-14(22)20-9-4-2-8(3-5-9)12-19-10(6-11(15)21-12)7-25(23,24)13(16)17/h2-6H,7H2,1H3,(H3,16,17)(H2,15,19,21)(H2,18,20,22). The number of urea groups is 1. The quantitative estimate of drug-likeness (QED) is 0.382. The average molecular weight is 363 g/mol. The van der Waals surface area contributed by atoms with Gasteiger partial charge in [-0.25, -0.2) is 23.2 Å². The second-order valence-electron chi connectivity index (χ2n) is 5.01. The molecule has 0 aliphatic rings. The number of hydrogen-bond donors (Lipinski definition) is 5. The first-order chi connectivity index (χ1) is 11.7. The Morgan fingerprint density at radius 1 is 1.24 bits per heavy atom. The Kier molecular flexibility index (Phi) is 5.17. The third-order valence-corrected chi connectivity index (χ3v) is 4.45. The van der Waals surface area contributed by atoms with Crippen LogP contribution in [0.1, 0.15) is 5.69 Å². The number of rotatable bonds is 4. The summed E-state index contributed by atoms with van der Waals surface area (Å²) in [6.07, 6.45) is 0. The zero-order valence-corrected chi connectivity index (χ0v) is 14.1. The Hall–Kier alpha value is -3.21. The third kappa shape index (κ3) is 4.64. The van der Waals surface area contributed by atoms with Crippen molar-refractivity contribution in [1.29, 1.82) is 5.41 Å². The second-order valence-corrected chi connectivity index (χ2v) is 6.97. The lowest BCUT2D eigenvalue weighted by Gasteiger charge is -2.08. The number of anilines is 2. The van der Waals surface area contributed by atoms with Gasteiger partial charge in [-0.1, -0.05) is 0 Å². The molecule has 1 aromatic heterocycles. The normalized spacial score (nSPS) is 10.9. The lowest BCUT2D eigenvalue weighted by Crippen LogP contribution is -2.24. The summed E-state index contributed by atoms with van der Waals surface area (Å²) in [4.78, 5) is 19.5. The van der Waals surface area contributed by atoms with E-state index < -0.39 is 20.8 Å². The van der Waals surface area contributed by atoms with Gasteiger partial charge in [0.2, 0.25) is 15.0 Å². The van der Waals surface area contributed by atoms with Gasteiger partial charge in [0.05, 0.1) is 5.69 Å². The minimum absolute atomic E-state index is 0.0892. The van der Waals surface area contributed by atoms with Crippen molar-refractivity contribution in [3.63, 3.8) is 0 Å². The van der Waals surface area contributed by atoms with Crippen molar-refractivity contribution in [3.8, 4) is 11.4 Å². The lowest BCUT2D eigenvalue weighted by atomic mass is 10.2. The molecule has 0 saturated carbocycles. The van der Waals surface area contributed by atoms with Crippen molar-refractivity contribution in [2.75, 3.05) is 18.1 Å². The van der Waals surface area contributed by atoms with Gasteiger partial charge >= 0.3 is 6.03 Å². The Morgan fingerprint density at radius 2 is 1.88 bits per heavy atom. The number of carbonyl (C=O) groups is 1. The van der Waals surface area contributed by atoms with Gasteiger partial charge in [-0.2, -0.15) is 0 Å². The Labute approximate surface area is 144 Å². The molecule has 1 aromatic carbocycles. The summed E-state index contributed by atoms with van der Waals surface area (Å²) in [6.45, 7) is 0. The minimum Gasteiger partial charge on any atom is -0.384 e. The lowest BCUT2D eigenvalue weighted by molar-refractivity contribution is 0.254. The van der Waals surface area contributed by atoms with E-state index in [0.717, 1.165) is 0 Å². The van der Waals surface area contributed by atoms with E-state index in [-0.39, 0.29) is 23.4 Å². The monoisotopic (exact) mass is 363 g/mol. The highest BCUT2D eigenvalue weighted by Crippen LogP contribution is 2.20. The zero-order valence-electron chi connectivity index (χ0n) is 13.3. The third-order valence-electron chi connectivity index (χ3n) is 3.10. The molecule has 0 fully saturated rings. The summed E-state index contributed by atoms with van der Waals surface area (Å²) in [6, 6.07) is 7.55. The molecule has 1 heterocycles. The molecule has 10 nitrogen and oxygen atoms in total. The van der Waals surface area contributed by atoms with Crippen molar-refractivity contribution in [3.05, 3.63) is 36.0 Å². The molecule has 0 aliphatic heterocycles. The summed E-state index contributed by atoms with van der Waals surface area (Å²) >= 11 is 0. The number of hydrogen-bond acceptors (Lipinski definition) is 7. The zero-order chi connectivity index (χ0) is 18.6. The van der Waals surface area contributed by atoms with Crippen molar-refractivity contribution >= 4 is 32.5 Å². The number of nitrogens with two attached hydrogens (primary N) is 2. The van der Waals surface area contributed by atoms with Gasteiger partial charge in [0, 0.05) is 24.4 Å². The SMILES string of the molecule is CNC(=O)Nc1ccc(-c2nc(N)cc(CS(=O)(=O)C(=N)N)n2)cc1. The van der Waals surface area contributed by atoms with Crippen LogP contribution in [-0.2, 0) is 15.6 Å². The fourth-order valence-corrected chi connectivity index (χ4v) is 2.58. The molecule has 0 bridgehead atoms. The summed E-state index contributed by atoms with van der Waals surface area (Å²) in [5.41, 5.74) is 12.0. The van der Waals surface area contributed by atoms with Crippen LogP contribution in [0.25, 0.3) is 11.4 Å². The van der Waals surface area contributed by atoms with Crippen LogP contribution in [0.4, 0.5) is 16.3 Å². The maximum atomic E-state index is 11.7. The topological polar surface area (TPSA) is 177 Å². The van der Waals surface area contributed by atoms with Crippen LogP contribution in [0, 0.1) is 5.41 Å². The van der Waals surface area contributed by atoms with Crippen molar-refractivity contribution in [1.82, 2.24) is 15.3 Å². The molecule has 2 rings (SSSR count). The summed E-state index contributed by atoms with van der Waals surface area (Å²) in [7, 11) is -2.43. The van der Waals surface area contributed by atoms with E-state index in [2.05, 4.69) is 20.6 Å². The number of carbonyl (C=O) groups excluding carboxylic acids is 1. The van der Waals surface area contributed by atoms with E-state index in [9.17, 15) is 13.2 Å². The van der Waals surface area contributed by atoms with Crippen LogP contribution >= 0.6 is 0 Å². The Balaban J connectivity index is 2.30. The first-order valence-electron chi connectivity index (χ1n) is 7.00. The smallest absolute Gasteiger partial charge is 0.318 e. The molecule has 132 valence electrons. The van der Waals surface area contributed by atoms with Crippen molar-refractivity contribution < 1.29 is 13.2 Å². The first kappa shape index (κ1) is 18.1. The van der Waals surface area contributed by atoms with Crippen LogP contribution in [0.3, 0.4) is 0 Å².